The van der Waals surface area contributed by atoms with Crippen LogP contribution in [0.5, 0.6) is 0 Å². The summed E-state index contributed by atoms with van der Waals surface area (Å²) in [7, 11) is 0. The summed E-state index contributed by atoms with van der Waals surface area (Å²) in [6, 6.07) is 0. The predicted octanol–water partition coefficient (Wildman–Crippen LogP) is 8.74. The van der Waals surface area contributed by atoms with Crippen LogP contribution in [0.2, 0.25) is 0 Å². The Bertz CT molecular complexity index is 897. The van der Waals surface area contributed by atoms with Gasteiger partial charge in [0.25, 0.3) is 0 Å². The van der Waals surface area contributed by atoms with Crippen LogP contribution in [0.4, 0.5) is 0 Å². The standard InChI is InChI=1S/C32H52O2/c1-21(33)34-26-15-17-29(6)22-14-18-32(9)25-11-10-16-27(2,3)31(25,8)20-19-30(32,7)23(22)12-13-24(29)28(26,4)5/h12,22,24-26H,10-11,13-20H2,1-9H3. The normalized spacial score (nSPS) is 51.1. The molecule has 0 bridgehead atoms. The van der Waals surface area contributed by atoms with Crippen molar-refractivity contribution in [3.8, 4) is 0 Å². The molecule has 0 amide bonds. The van der Waals surface area contributed by atoms with Gasteiger partial charge in [0.2, 0.25) is 0 Å². The van der Waals surface area contributed by atoms with Gasteiger partial charge in [-0.05, 0) is 103 Å². The summed E-state index contributed by atoms with van der Waals surface area (Å²) in [5.74, 6) is 2.01. The highest BCUT2D eigenvalue weighted by Crippen LogP contribution is 2.76. The van der Waals surface area contributed by atoms with Gasteiger partial charge in [-0.2, -0.15) is 0 Å². The molecule has 0 aromatic heterocycles. The van der Waals surface area contributed by atoms with Gasteiger partial charge in [-0.3, -0.25) is 4.79 Å². The molecule has 4 saturated carbocycles. The molecule has 192 valence electrons. The minimum atomic E-state index is -0.115. The van der Waals surface area contributed by atoms with Crippen molar-refractivity contribution in [2.24, 2.45) is 50.2 Å². The van der Waals surface area contributed by atoms with Crippen LogP contribution in [0, 0.1) is 50.2 Å². The van der Waals surface area contributed by atoms with E-state index in [1.165, 1.54) is 51.4 Å². The highest BCUT2D eigenvalue weighted by molar-refractivity contribution is 5.66. The van der Waals surface area contributed by atoms with Crippen molar-refractivity contribution in [2.45, 2.75) is 133 Å². The van der Waals surface area contributed by atoms with Crippen LogP contribution in [0.25, 0.3) is 0 Å². The molecule has 0 N–H and O–H groups in total. The third-order valence-corrected chi connectivity index (χ3v) is 13.9. The van der Waals surface area contributed by atoms with Crippen LogP contribution in [0.1, 0.15) is 127 Å². The Kier molecular flexibility index (Phi) is 5.40. The summed E-state index contributed by atoms with van der Waals surface area (Å²) < 4.78 is 5.89. The topological polar surface area (TPSA) is 26.3 Å². The molecule has 0 aromatic carbocycles. The molecule has 0 heterocycles. The Morgan fingerprint density at radius 3 is 2.21 bits per heavy atom. The molecule has 8 atom stereocenters. The molecule has 8 unspecified atom stereocenters. The predicted molar refractivity (Wildman–Crippen MR) is 140 cm³/mol. The zero-order valence-electron chi connectivity index (χ0n) is 23.8. The van der Waals surface area contributed by atoms with Gasteiger partial charge in [-0.1, -0.05) is 73.5 Å². The van der Waals surface area contributed by atoms with Crippen LogP contribution >= 0.6 is 0 Å². The summed E-state index contributed by atoms with van der Waals surface area (Å²) in [4.78, 5) is 11.9. The molecular weight excluding hydrogens is 416 g/mol. The van der Waals surface area contributed by atoms with Crippen LogP contribution < -0.4 is 0 Å². The average Bonchev–Trinajstić information content (AvgIpc) is 2.73. The lowest BCUT2D eigenvalue weighted by Crippen LogP contribution is -2.64. The van der Waals surface area contributed by atoms with Crippen molar-refractivity contribution in [3.63, 3.8) is 0 Å². The molecule has 4 fully saturated rings. The first-order valence-corrected chi connectivity index (χ1v) is 14.5. The smallest absolute Gasteiger partial charge is 0.302 e. The SMILES string of the molecule is CC(=O)OC1CCC2(C)C3CCC4(C)C5CCCC(C)(C)C5(C)CCC4(C)C3=CCC2C1(C)C. The number of fused-ring (bicyclic) bond motifs is 7. The van der Waals surface area contributed by atoms with E-state index in [9.17, 15) is 4.79 Å². The first-order chi connectivity index (χ1) is 15.6. The van der Waals surface area contributed by atoms with E-state index >= 15 is 0 Å². The molecule has 34 heavy (non-hydrogen) atoms. The van der Waals surface area contributed by atoms with Crippen molar-refractivity contribution in [1.29, 1.82) is 0 Å². The second kappa shape index (κ2) is 7.38. The molecule has 0 aliphatic heterocycles. The third kappa shape index (κ3) is 2.95. The molecule has 5 rings (SSSR count). The highest BCUT2D eigenvalue weighted by Gasteiger charge is 2.68. The van der Waals surface area contributed by atoms with Crippen LogP contribution in [-0.2, 0) is 9.53 Å². The molecule has 2 nitrogen and oxygen atoms in total. The molecule has 0 spiro atoms. The van der Waals surface area contributed by atoms with Gasteiger partial charge in [0.1, 0.15) is 6.10 Å². The Hall–Kier alpha value is -0.790. The summed E-state index contributed by atoms with van der Waals surface area (Å²) >= 11 is 0. The van der Waals surface area contributed by atoms with Crippen molar-refractivity contribution in [2.75, 3.05) is 0 Å². The Labute approximate surface area is 210 Å². The largest absolute Gasteiger partial charge is 0.462 e. The molecule has 2 heteroatoms. The minimum absolute atomic E-state index is 0.0287. The lowest BCUT2D eigenvalue weighted by Gasteiger charge is -2.72. The number of allylic oxidation sites excluding steroid dienone is 2. The van der Waals surface area contributed by atoms with Gasteiger partial charge >= 0.3 is 5.97 Å². The lowest BCUT2D eigenvalue weighted by atomic mass is 9.32. The maximum atomic E-state index is 11.9. The van der Waals surface area contributed by atoms with E-state index in [0.29, 0.717) is 38.9 Å². The van der Waals surface area contributed by atoms with Gasteiger partial charge in [0, 0.05) is 12.3 Å². The average molecular weight is 469 g/mol. The monoisotopic (exact) mass is 468 g/mol. The fourth-order valence-electron chi connectivity index (χ4n) is 11.2. The lowest BCUT2D eigenvalue weighted by molar-refractivity contribution is -0.199. The van der Waals surface area contributed by atoms with E-state index in [1.54, 1.807) is 6.92 Å². The van der Waals surface area contributed by atoms with Gasteiger partial charge in [0.05, 0.1) is 0 Å². The van der Waals surface area contributed by atoms with Gasteiger partial charge < -0.3 is 4.74 Å². The number of rotatable bonds is 1. The van der Waals surface area contributed by atoms with Gasteiger partial charge in [0.15, 0.2) is 0 Å². The Morgan fingerprint density at radius 2 is 1.53 bits per heavy atom. The van der Waals surface area contributed by atoms with E-state index in [0.717, 1.165) is 18.8 Å². The van der Waals surface area contributed by atoms with Crippen molar-refractivity contribution >= 4 is 5.97 Å². The first kappa shape index (κ1) is 24.9. The number of carbonyl (C=O) groups is 1. The summed E-state index contributed by atoms with van der Waals surface area (Å²) in [6.07, 6.45) is 15.9. The zero-order chi connectivity index (χ0) is 24.9. The molecule has 0 radical (unpaired) electrons. The summed E-state index contributed by atoms with van der Waals surface area (Å²) in [5.41, 5.74) is 3.85. The fraction of sp³-hybridized carbons (Fsp3) is 0.906. The van der Waals surface area contributed by atoms with Crippen LogP contribution in [0.3, 0.4) is 0 Å². The first-order valence-electron chi connectivity index (χ1n) is 14.5. The summed E-state index contributed by atoms with van der Waals surface area (Å²) in [5, 5.41) is 0. The van der Waals surface area contributed by atoms with Gasteiger partial charge in [-0.25, -0.2) is 0 Å². The second-order valence-corrected chi connectivity index (χ2v) is 15.5. The number of esters is 1. The number of ether oxygens (including phenoxy) is 1. The summed E-state index contributed by atoms with van der Waals surface area (Å²) in [6.45, 7) is 22.2. The fourth-order valence-corrected chi connectivity index (χ4v) is 11.2. The van der Waals surface area contributed by atoms with Gasteiger partial charge in [-0.15, -0.1) is 0 Å². The van der Waals surface area contributed by atoms with Crippen LogP contribution in [-0.4, -0.2) is 12.1 Å². The van der Waals surface area contributed by atoms with E-state index < -0.39 is 0 Å². The number of hydrogen-bond donors (Lipinski definition) is 0. The maximum absolute atomic E-state index is 11.9. The molecule has 0 saturated heterocycles. The molecule has 5 aliphatic rings. The Morgan fingerprint density at radius 1 is 0.824 bits per heavy atom. The van der Waals surface area contributed by atoms with E-state index in [-0.39, 0.29) is 17.5 Å². The minimum Gasteiger partial charge on any atom is -0.462 e. The van der Waals surface area contributed by atoms with E-state index in [2.05, 4.69) is 61.5 Å². The number of hydrogen-bond acceptors (Lipinski definition) is 2. The van der Waals surface area contributed by atoms with E-state index in [1.807, 2.05) is 5.57 Å². The van der Waals surface area contributed by atoms with Crippen molar-refractivity contribution in [3.05, 3.63) is 11.6 Å². The second-order valence-electron chi connectivity index (χ2n) is 15.5. The quantitative estimate of drug-likeness (QED) is 0.284. The maximum Gasteiger partial charge on any atom is 0.302 e. The third-order valence-electron chi connectivity index (χ3n) is 13.9. The number of carbonyl (C=O) groups excluding carboxylic acids is 1. The molecule has 5 aliphatic carbocycles. The molecular formula is C32H52O2. The zero-order valence-corrected chi connectivity index (χ0v) is 23.8. The van der Waals surface area contributed by atoms with Crippen molar-refractivity contribution < 1.29 is 9.53 Å². The molecule has 0 aromatic rings. The van der Waals surface area contributed by atoms with Crippen LogP contribution in [0.15, 0.2) is 11.6 Å². The Balaban J connectivity index is 1.53. The van der Waals surface area contributed by atoms with Crippen molar-refractivity contribution in [1.82, 2.24) is 0 Å². The van der Waals surface area contributed by atoms with E-state index in [4.69, 9.17) is 4.74 Å². The highest BCUT2D eigenvalue weighted by atomic mass is 16.5.